The van der Waals surface area contributed by atoms with Gasteiger partial charge in [0.1, 0.15) is 0 Å². The van der Waals surface area contributed by atoms with Crippen molar-refractivity contribution in [2.75, 3.05) is 0 Å². The van der Waals surface area contributed by atoms with E-state index in [0.717, 1.165) is 30.3 Å². The number of hydrogen-bond acceptors (Lipinski definition) is 6. The van der Waals surface area contributed by atoms with Gasteiger partial charge in [0, 0.05) is 12.1 Å². The number of rotatable bonds is 7. The highest BCUT2D eigenvalue weighted by Crippen LogP contribution is 2.17. The summed E-state index contributed by atoms with van der Waals surface area (Å²) in [6.07, 6.45) is -1.19. The predicted molar refractivity (Wildman–Crippen MR) is 88.1 cm³/mol. The molecule has 0 heterocycles. The number of sulfonamides is 1. The molecular formula is C15H14FN3O6S. The summed E-state index contributed by atoms with van der Waals surface area (Å²) in [5, 5.41) is 10.6. The zero-order valence-electron chi connectivity index (χ0n) is 13.4. The first-order valence-corrected chi connectivity index (χ1v) is 8.66. The quantitative estimate of drug-likeness (QED) is 0.551. The number of benzene rings is 2. The molecule has 1 atom stereocenters. The number of nitro groups is 1. The maximum absolute atomic E-state index is 13.5. The van der Waals surface area contributed by atoms with Crippen LogP contribution in [0.15, 0.2) is 53.4 Å². The predicted octanol–water partition coefficient (Wildman–Crippen LogP) is 1.51. The van der Waals surface area contributed by atoms with E-state index in [-0.39, 0.29) is 16.3 Å². The summed E-state index contributed by atoms with van der Waals surface area (Å²) in [4.78, 5) is 23.3. The monoisotopic (exact) mass is 383 g/mol. The lowest BCUT2D eigenvalue weighted by Gasteiger charge is -2.15. The van der Waals surface area contributed by atoms with Gasteiger partial charge < -0.3 is 4.74 Å². The molecular weight excluding hydrogens is 369 g/mol. The third-order valence-electron chi connectivity index (χ3n) is 3.18. The van der Waals surface area contributed by atoms with Crippen LogP contribution in [0.1, 0.15) is 6.92 Å². The Morgan fingerprint density at radius 2 is 1.81 bits per heavy atom. The number of nitrogens with one attached hydrogen (secondary N) is 2. The highest BCUT2D eigenvalue weighted by atomic mass is 32.2. The van der Waals surface area contributed by atoms with Gasteiger partial charge in [0.15, 0.2) is 17.7 Å². The molecule has 0 aromatic heterocycles. The van der Waals surface area contributed by atoms with Crippen molar-refractivity contribution in [3.05, 3.63) is 64.5 Å². The fourth-order valence-electron chi connectivity index (χ4n) is 1.81. The van der Waals surface area contributed by atoms with Crippen LogP contribution >= 0.6 is 0 Å². The molecule has 9 nitrogen and oxygen atoms in total. The average molecular weight is 383 g/mol. The van der Waals surface area contributed by atoms with E-state index >= 15 is 0 Å². The zero-order chi connectivity index (χ0) is 19.3. The van der Waals surface area contributed by atoms with Crippen LogP contribution in [0.4, 0.5) is 10.1 Å². The molecule has 2 N–H and O–H groups in total. The van der Waals surface area contributed by atoms with Crippen molar-refractivity contribution < 1.29 is 27.3 Å². The molecule has 0 aliphatic rings. The average Bonchev–Trinajstić information content (AvgIpc) is 2.61. The van der Waals surface area contributed by atoms with Gasteiger partial charge in [0.05, 0.1) is 9.82 Å². The molecule has 0 radical (unpaired) electrons. The smallest absolute Gasteiger partial charge is 0.275 e. The molecule has 0 unspecified atom stereocenters. The van der Waals surface area contributed by atoms with Crippen LogP contribution in [-0.2, 0) is 14.8 Å². The summed E-state index contributed by atoms with van der Waals surface area (Å²) in [5.74, 6) is -1.69. The van der Waals surface area contributed by atoms with Gasteiger partial charge in [-0.1, -0.05) is 12.1 Å². The van der Waals surface area contributed by atoms with Gasteiger partial charge in [-0.2, -0.15) is 0 Å². The molecule has 0 bridgehead atoms. The fourth-order valence-corrected chi connectivity index (χ4v) is 2.66. The first-order valence-electron chi connectivity index (χ1n) is 7.18. The number of hydrazine groups is 1. The van der Waals surface area contributed by atoms with Gasteiger partial charge >= 0.3 is 0 Å². The molecule has 1 amide bonds. The summed E-state index contributed by atoms with van der Waals surface area (Å²) in [6, 6.07) is 9.50. The minimum Gasteiger partial charge on any atom is -0.478 e. The molecule has 11 heteroatoms. The highest BCUT2D eigenvalue weighted by Gasteiger charge is 2.20. The van der Waals surface area contributed by atoms with Crippen molar-refractivity contribution in [1.29, 1.82) is 0 Å². The minimum absolute atomic E-state index is 0.159. The van der Waals surface area contributed by atoms with E-state index < -0.39 is 32.8 Å². The van der Waals surface area contributed by atoms with Crippen LogP contribution in [-0.4, -0.2) is 25.4 Å². The lowest BCUT2D eigenvalue weighted by Crippen LogP contribution is -2.47. The molecule has 2 rings (SSSR count). The van der Waals surface area contributed by atoms with Gasteiger partial charge in [-0.05, 0) is 31.2 Å². The van der Waals surface area contributed by atoms with E-state index in [1.54, 1.807) is 0 Å². The third-order valence-corrected chi connectivity index (χ3v) is 4.44. The second-order valence-corrected chi connectivity index (χ2v) is 6.72. The number of hydrogen-bond donors (Lipinski definition) is 2. The third kappa shape index (κ3) is 4.74. The number of para-hydroxylation sites is 1. The summed E-state index contributed by atoms with van der Waals surface area (Å²) in [7, 11) is -4.15. The maximum Gasteiger partial charge on any atom is 0.275 e. The summed E-state index contributed by atoms with van der Waals surface area (Å²) in [6.45, 7) is 1.31. The SMILES string of the molecule is C[C@H](Oc1ccccc1F)C(=O)NNS(=O)(=O)c1ccc([N+](=O)[O-])cc1. The zero-order valence-corrected chi connectivity index (χ0v) is 14.2. The van der Waals surface area contributed by atoms with E-state index in [0.29, 0.717) is 0 Å². The number of amides is 1. The van der Waals surface area contributed by atoms with Crippen molar-refractivity contribution >= 4 is 21.6 Å². The lowest BCUT2D eigenvalue weighted by molar-refractivity contribution is -0.384. The van der Waals surface area contributed by atoms with Crippen LogP contribution in [0.2, 0.25) is 0 Å². The van der Waals surface area contributed by atoms with Crippen LogP contribution in [0, 0.1) is 15.9 Å². The first kappa shape index (κ1) is 19.3. The van der Waals surface area contributed by atoms with E-state index in [1.165, 1.54) is 25.1 Å². The van der Waals surface area contributed by atoms with Gasteiger partial charge in [-0.25, -0.2) is 12.8 Å². The Bertz CT molecular complexity index is 917. The van der Waals surface area contributed by atoms with Crippen LogP contribution in [0.3, 0.4) is 0 Å². The molecule has 0 saturated carbocycles. The van der Waals surface area contributed by atoms with Crippen LogP contribution < -0.4 is 15.0 Å². The van der Waals surface area contributed by atoms with Gasteiger partial charge in [-0.3, -0.25) is 20.3 Å². The number of carbonyl (C=O) groups excluding carboxylic acids is 1. The second kappa shape index (κ2) is 7.89. The van der Waals surface area contributed by atoms with Gasteiger partial charge in [-0.15, -0.1) is 4.83 Å². The Balaban J connectivity index is 1.98. The Kier molecular flexibility index (Phi) is 5.85. The van der Waals surface area contributed by atoms with Crippen LogP contribution in [0.5, 0.6) is 5.75 Å². The van der Waals surface area contributed by atoms with E-state index in [1.807, 2.05) is 10.3 Å². The molecule has 26 heavy (non-hydrogen) atoms. The number of carbonyl (C=O) groups is 1. The number of ether oxygens (including phenoxy) is 1. The summed E-state index contributed by atoms with van der Waals surface area (Å²) < 4.78 is 42.7. The molecule has 0 saturated heterocycles. The van der Waals surface area contributed by atoms with Crippen molar-refractivity contribution in [2.24, 2.45) is 0 Å². The maximum atomic E-state index is 13.5. The molecule has 0 spiro atoms. The largest absolute Gasteiger partial charge is 0.478 e. The highest BCUT2D eigenvalue weighted by molar-refractivity contribution is 7.89. The van der Waals surface area contributed by atoms with Gasteiger partial charge in [0.2, 0.25) is 0 Å². The number of nitro benzene ring substituents is 1. The van der Waals surface area contributed by atoms with E-state index in [2.05, 4.69) is 0 Å². The molecule has 138 valence electrons. The molecule has 0 fully saturated rings. The molecule has 0 aliphatic heterocycles. The van der Waals surface area contributed by atoms with E-state index in [9.17, 15) is 27.7 Å². The molecule has 2 aromatic carbocycles. The Morgan fingerprint density at radius 1 is 1.19 bits per heavy atom. The van der Waals surface area contributed by atoms with Crippen molar-refractivity contribution in [1.82, 2.24) is 10.3 Å². The summed E-state index contributed by atoms with van der Waals surface area (Å²) >= 11 is 0. The normalized spacial score (nSPS) is 12.2. The Morgan fingerprint density at radius 3 is 2.38 bits per heavy atom. The summed E-state index contributed by atoms with van der Waals surface area (Å²) in [5.41, 5.74) is 1.66. The first-order chi connectivity index (χ1) is 12.2. The lowest BCUT2D eigenvalue weighted by atomic mass is 10.3. The van der Waals surface area contributed by atoms with Gasteiger partial charge in [0.25, 0.3) is 21.6 Å². The number of nitrogens with zero attached hydrogens (tertiary/aromatic N) is 1. The van der Waals surface area contributed by atoms with E-state index in [4.69, 9.17) is 4.74 Å². The standard InChI is InChI=1S/C15H14FN3O6S/c1-10(25-14-5-3-2-4-13(14)16)15(20)17-18-26(23,24)12-8-6-11(7-9-12)19(21)22/h2-10,18H,1H3,(H,17,20)/t10-/m0/s1. The van der Waals surface area contributed by atoms with Crippen molar-refractivity contribution in [2.45, 2.75) is 17.9 Å². The Hall–Kier alpha value is -3.05. The number of halogens is 1. The minimum atomic E-state index is -4.15. The van der Waals surface area contributed by atoms with Crippen LogP contribution in [0.25, 0.3) is 0 Å². The van der Waals surface area contributed by atoms with Crippen molar-refractivity contribution in [3.63, 3.8) is 0 Å². The molecule has 2 aromatic rings. The number of non-ortho nitro benzene ring substituents is 1. The fraction of sp³-hybridized carbons (Fsp3) is 0.133. The topological polar surface area (TPSA) is 128 Å². The van der Waals surface area contributed by atoms with Crippen molar-refractivity contribution in [3.8, 4) is 5.75 Å². The molecule has 0 aliphatic carbocycles. The second-order valence-electron chi connectivity index (χ2n) is 5.04. The Labute approximate surface area is 148 Å².